The van der Waals surface area contributed by atoms with E-state index < -0.39 is 24.3 Å². The van der Waals surface area contributed by atoms with E-state index in [2.05, 4.69) is 0 Å². The van der Waals surface area contributed by atoms with E-state index in [1.165, 1.54) is 7.11 Å². The molecular formula is C22H24O6. The Bertz CT molecular complexity index is 858. The zero-order chi connectivity index (χ0) is 20.3. The van der Waals surface area contributed by atoms with Crippen LogP contribution in [0.4, 0.5) is 0 Å². The molecule has 1 fully saturated rings. The third-order valence-electron chi connectivity index (χ3n) is 4.99. The van der Waals surface area contributed by atoms with Gasteiger partial charge in [0.05, 0.1) is 11.1 Å². The predicted octanol–water partition coefficient (Wildman–Crippen LogP) is 3.70. The lowest BCUT2D eigenvalue weighted by molar-refractivity contribution is -0.124. The lowest BCUT2D eigenvalue weighted by atomic mass is 9.87. The van der Waals surface area contributed by atoms with Crippen molar-refractivity contribution in [2.75, 3.05) is 13.7 Å². The van der Waals surface area contributed by atoms with E-state index in [1.807, 2.05) is 32.0 Å². The Kier molecular flexibility index (Phi) is 6.11. The van der Waals surface area contributed by atoms with Crippen LogP contribution in [0, 0.1) is 13.8 Å². The number of methoxy groups -OCH3 is 1. The van der Waals surface area contributed by atoms with Gasteiger partial charge in [-0.2, -0.15) is 0 Å². The van der Waals surface area contributed by atoms with Crippen molar-refractivity contribution in [3.8, 4) is 0 Å². The van der Waals surface area contributed by atoms with Gasteiger partial charge in [-0.25, -0.2) is 9.59 Å². The van der Waals surface area contributed by atoms with Gasteiger partial charge in [-0.1, -0.05) is 35.4 Å². The summed E-state index contributed by atoms with van der Waals surface area (Å²) in [6.45, 7) is 3.87. The highest BCUT2D eigenvalue weighted by Gasteiger charge is 2.39. The monoisotopic (exact) mass is 384 g/mol. The van der Waals surface area contributed by atoms with Crippen molar-refractivity contribution < 1.29 is 28.9 Å². The molecule has 0 radical (unpaired) electrons. The number of ether oxygens (including phenoxy) is 3. The van der Waals surface area contributed by atoms with Gasteiger partial charge < -0.3 is 19.3 Å². The lowest BCUT2D eigenvalue weighted by Gasteiger charge is -2.20. The van der Waals surface area contributed by atoms with E-state index >= 15 is 0 Å². The lowest BCUT2D eigenvalue weighted by Crippen LogP contribution is -2.25. The number of aryl methyl sites for hydroxylation is 2. The molecule has 1 heterocycles. The van der Waals surface area contributed by atoms with Crippen LogP contribution >= 0.6 is 0 Å². The van der Waals surface area contributed by atoms with Gasteiger partial charge in [0.25, 0.3) is 0 Å². The van der Waals surface area contributed by atoms with Crippen LogP contribution in [0.25, 0.3) is 0 Å². The molecule has 28 heavy (non-hydrogen) atoms. The van der Waals surface area contributed by atoms with E-state index in [-0.39, 0.29) is 18.1 Å². The Morgan fingerprint density at radius 1 is 1.11 bits per heavy atom. The largest absolute Gasteiger partial charge is 0.478 e. The number of carbonyl (C=O) groups is 2. The molecule has 6 nitrogen and oxygen atoms in total. The number of hydrogen-bond donors (Lipinski definition) is 1. The third kappa shape index (κ3) is 4.40. The van der Waals surface area contributed by atoms with Crippen LogP contribution < -0.4 is 0 Å². The van der Waals surface area contributed by atoms with Crippen molar-refractivity contribution in [1.29, 1.82) is 0 Å². The highest BCUT2D eigenvalue weighted by Crippen LogP contribution is 2.38. The summed E-state index contributed by atoms with van der Waals surface area (Å²) < 4.78 is 16.6. The van der Waals surface area contributed by atoms with Crippen molar-refractivity contribution in [3.63, 3.8) is 0 Å². The minimum absolute atomic E-state index is 0.0181. The summed E-state index contributed by atoms with van der Waals surface area (Å²) >= 11 is 0. The van der Waals surface area contributed by atoms with Gasteiger partial charge in [0, 0.05) is 19.4 Å². The Labute approximate surface area is 164 Å². The van der Waals surface area contributed by atoms with Crippen LogP contribution in [-0.2, 0) is 14.2 Å². The summed E-state index contributed by atoms with van der Waals surface area (Å²) in [6, 6.07) is 12.3. The number of hydrogen-bond acceptors (Lipinski definition) is 5. The van der Waals surface area contributed by atoms with Gasteiger partial charge in [0.15, 0.2) is 6.29 Å². The van der Waals surface area contributed by atoms with Crippen molar-refractivity contribution >= 4 is 11.9 Å². The van der Waals surface area contributed by atoms with Gasteiger partial charge in [-0.15, -0.1) is 0 Å². The number of rotatable bonds is 6. The normalized spacial score (nSPS) is 21.5. The molecule has 2 aromatic rings. The first-order chi connectivity index (χ1) is 13.4. The zero-order valence-electron chi connectivity index (χ0n) is 16.2. The summed E-state index contributed by atoms with van der Waals surface area (Å²) in [4.78, 5) is 24.0. The first-order valence-electron chi connectivity index (χ1n) is 9.15. The molecule has 2 unspecified atom stereocenters. The molecule has 3 atom stereocenters. The number of esters is 1. The summed E-state index contributed by atoms with van der Waals surface area (Å²) in [5.41, 5.74) is 3.37. The van der Waals surface area contributed by atoms with Crippen molar-refractivity contribution in [2.24, 2.45) is 0 Å². The molecule has 0 saturated carbocycles. The van der Waals surface area contributed by atoms with Crippen LogP contribution in [0.5, 0.6) is 0 Å². The van der Waals surface area contributed by atoms with Crippen molar-refractivity contribution in [2.45, 2.75) is 38.6 Å². The quantitative estimate of drug-likeness (QED) is 0.765. The summed E-state index contributed by atoms with van der Waals surface area (Å²) in [5, 5.41) is 9.56. The van der Waals surface area contributed by atoms with Crippen LogP contribution in [0.15, 0.2) is 42.5 Å². The average Bonchev–Trinajstić information content (AvgIpc) is 3.09. The molecule has 148 valence electrons. The minimum Gasteiger partial charge on any atom is -0.478 e. The van der Waals surface area contributed by atoms with E-state index in [4.69, 9.17) is 14.2 Å². The second-order valence-electron chi connectivity index (χ2n) is 7.04. The second kappa shape index (κ2) is 8.54. The van der Waals surface area contributed by atoms with Crippen molar-refractivity contribution in [1.82, 2.24) is 0 Å². The topological polar surface area (TPSA) is 82.1 Å². The van der Waals surface area contributed by atoms with Gasteiger partial charge in [0.1, 0.15) is 12.7 Å². The van der Waals surface area contributed by atoms with Crippen LogP contribution in [0.2, 0.25) is 0 Å². The Hall–Kier alpha value is -2.70. The summed E-state index contributed by atoms with van der Waals surface area (Å²) in [7, 11) is 1.54. The van der Waals surface area contributed by atoms with Gasteiger partial charge >= 0.3 is 11.9 Å². The maximum absolute atomic E-state index is 12.3. The SMILES string of the molecule is COC1CC(c2cc(C)ccc2C(=O)O)[C@@H](COC(=O)c2ccc(C)cc2)O1. The van der Waals surface area contributed by atoms with Gasteiger partial charge in [-0.05, 0) is 37.6 Å². The summed E-state index contributed by atoms with van der Waals surface area (Å²) in [5.74, 6) is -1.68. The second-order valence-corrected chi connectivity index (χ2v) is 7.04. The molecule has 0 aromatic heterocycles. The first kappa shape index (κ1) is 20.0. The minimum atomic E-state index is -0.994. The van der Waals surface area contributed by atoms with E-state index in [0.29, 0.717) is 17.5 Å². The molecule has 0 amide bonds. The summed E-state index contributed by atoms with van der Waals surface area (Å²) in [6.07, 6.45) is -0.470. The fourth-order valence-corrected chi connectivity index (χ4v) is 3.45. The van der Waals surface area contributed by atoms with Crippen molar-refractivity contribution in [3.05, 3.63) is 70.3 Å². The molecule has 0 spiro atoms. The van der Waals surface area contributed by atoms with E-state index in [9.17, 15) is 14.7 Å². The zero-order valence-corrected chi connectivity index (χ0v) is 16.2. The molecule has 6 heteroatoms. The maximum atomic E-state index is 12.3. The van der Waals surface area contributed by atoms with E-state index in [0.717, 1.165) is 11.1 Å². The predicted molar refractivity (Wildman–Crippen MR) is 103 cm³/mol. The Balaban J connectivity index is 1.79. The number of carbonyl (C=O) groups excluding carboxylic acids is 1. The molecule has 1 N–H and O–H groups in total. The Morgan fingerprint density at radius 3 is 2.43 bits per heavy atom. The van der Waals surface area contributed by atoms with Gasteiger partial charge in [-0.3, -0.25) is 0 Å². The van der Waals surface area contributed by atoms with Crippen LogP contribution in [-0.4, -0.2) is 43.2 Å². The number of aromatic carboxylic acids is 1. The fourth-order valence-electron chi connectivity index (χ4n) is 3.45. The molecule has 0 aliphatic carbocycles. The van der Waals surface area contributed by atoms with Gasteiger partial charge in [0.2, 0.25) is 0 Å². The molecule has 2 aromatic carbocycles. The molecule has 0 bridgehead atoms. The van der Waals surface area contributed by atoms with Crippen LogP contribution in [0.1, 0.15) is 49.7 Å². The fraction of sp³-hybridized carbons (Fsp3) is 0.364. The molecule has 1 saturated heterocycles. The molecule has 3 rings (SSSR count). The molecular weight excluding hydrogens is 360 g/mol. The number of carboxylic acids is 1. The molecule has 1 aliphatic rings. The molecule has 1 aliphatic heterocycles. The third-order valence-corrected chi connectivity index (χ3v) is 4.99. The standard InChI is InChI=1S/C22H24O6/c1-13-4-7-15(8-5-13)22(25)27-12-19-18(11-20(26-3)28-19)17-10-14(2)6-9-16(17)21(23)24/h4-10,18-20H,11-12H2,1-3H3,(H,23,24)/t18?,19-,20?/m1/s1. The number of carboxylic acid groups (broad SMARTS) is 1. The first-order valence-corrected chi connectivity index (χ1v) is 9.15. The average molecular weight is 384 g/mol. The Morgan fingerprint density at radius 2 is 1.79 bits per heavy atom. The van der Waals surface area contributed by atoms with E-state index in [1.54, 1.807) is 24.3 Å². The highest BCUT2D eigenvalue weighted by atomic mass is 16.7. The highest BCUT2D eigenvalue weighted by molar-refractivity contribution is 5.90. The number of benzene rings is 2. The smallest absolute Gasteiger partial charge is 0.338 e. The van der Waals surface area contributed by atoms with Crippen LogP contribution in [0.3, 0.4) is 0 Å². The maximum Gasteiger partial charge on any atom is 0.338 e.